The number of hydrogen-bond donors (Lipinski definition) is 1. The Morgan fingerprint density at radius 3 is 2.21 bits per heavy atom. The van der Waals surface area contributed by atoms with Gasteiger partial charge in [0.2, 0.25) is 0 Å². The molecule has 0 bridgehead atoms. The van der Waals surface area contributed by atoms with Crippen LogP contribution in [0.2, 0.25) is 0 Å². The number of alkyl halides is 3. The highest BCUT2D eigenvalue weighted by Crippen LogP contribution is 2.35. The lowest BCUT2D eigenvalue weighted by Crippen LogP contribution is -2.17. The zero-order chi connectivity index (χ0) is 21.0. The molecule has 0 aliphatic heterocycles. The van der Waals surface area contributed by atoms with Crippen molar-refractivity contribution >= 4 is 11.6 Å². The van der Waals surface area contributed by atoms with Gasteiger partial charge >= 0.3 is 6.36 Å². The lowest BCUT2D eigenvalue weighted by atomic mass is 10.1. The fraction of sp³-hybridized carbons (Fsp3) is 0.143. The topological polar surface area (TPSA) is 60.5 Å². The molecule has 3 aromatic rings. The second-order valence-electron chi connectivity index (χ2n) is 6.16. The monoisotopic (exact) mass is 402 g/mol. The molecule has 1 N–H and O–H groups in total. The van der Waals surface area contributed by atoms with E-state index < -0.39 is 12.1 Å². The molecule has 2 aromatic carbocycles. The summed E-state index contributed by atoms with van der Waals surface area (Å²) < 4.78 is 47.0. The van der Waals surface area contributed by atoms with Crippen molar-refractivity contribution < 1.29 is 27.4 Å². The average molecular weight is 402 g/mol. The second-order valence-corrected chi connectivity index (χ2v) is 6.16. The third-order valence-corrected chi connectivity index (χ3v) is 3.88. The van der Waals surface area contributed by atoms with Crippen LogP contribution in [-0.2, 0) is 0 Å². The fourth-order valence-electron chi connectivity index (χ4n) is 2.60. The maximum atomic E-state index is 12.5. The van der Waals surface area contributed by atoms with Crippen molar-refractivity contribution in [2.45, 2.75) is 20.2 Å². The minimum atomic E-state index is -4.82. The van der Waals surface area contributed by atoms with E-state index in [1.165, 1.54) is 30.3 Å². The molecule has 0 unspecified atom stereocenters. The van der Waals surface area contributed by atoms with Crippen LogP contribution in [0, 0.1) is 13.8 Å². The number of ether oxygens (including phenoxy) is 2. The van der Waals surface area contributed by atoms with E-state index >= 15 is 0 Å². The van der Waals surface area contributed by atoms with Crippen LogP contribution in [0.15, 0.2) is 60.7 Å². The average Bonchev–Trinajstić information content (AvgIpc) is 2.63. The van der Waals surface area contributed by atoms with Gasteiger partial charge in [0.15, 0.2) is 11.5 Å². The van der Waals surface area contributed by atoms with Crippen LogP contribution in [0.5, 0.6) is 17.2 Å². The van der Waals surface area contributed by atoms with Crippen molar-refractivity contribution in [3.8, 4) is 17.2 Å². The molecule has 5 nitrogen and oxygen atoms in total. The second kappa shape index (κ2) is 8.22. The number of para-hydroxylation sites is 2. The normalized spacial score (nSPS) is 11.1. The number of aromatic nitrogens is 1. The zero-order valence-corrected chi connectivity index (χ0v) is 15.6. The number of nitrogens with zero attached hydrogens (tertiary/aromatic N) is 1. The van der Waals surface area contributed by atoms with E-state index in [2.05, 4.69) is 15.0 Å². The molecule has 0 spiro atoms. The summed E-state index contributed by atoms with van der Waals surface area (Å²) in [7, 11) is 0. The van der Waals surface area contributed by atoms with E-state index in [9.17, 15) is 18.0 Å². The van der Waals surface area contributed by atoms with Gasteiger partial charge in [-0.05, 0) is 62.4 Å². The first-order valence-electron chi connectivity index (χ1n) is 8.59. The first kappa shape index (κ1) is 20.2. The van der Waals surface area contributed by atoms with Gasteiger partial charge in [-0.25, -0.2) is 0 Å². The predicted octanol–water partition coefficient (Wildman–Crippen LogP) is 5.64. The molecule has 1 amide bonds. The maximum absolute atomic E-state index is 12.5. The molecule has 1 heterocycles. The van der Waals surface area contributed by atoms with Crippen molar-refractivity contribution in [2.75, 3.05) is 5.32 Å². The Bertz CT molecular complexity index is 1020. The van der Waals surface area contributed by atoms with Crippen LogP contribution in [0.4, 0.5) is 18.9 Å². The van der Waals surface area contributed by atoms with Crippen molar-refractivity contribution in [3.63, 3.8) is 0 Å². The van der Waals surface area contributed by atoms with E-state index in [0.29, 0.717) is 16.9 Å². The Morgan fingerprint density at radius 1 is 0.931 bits per heavy atom. The highest BCUT2D eigenvalue weighted by atomic mass is 19.4. The molecule has 3 rings (SSSR count). The quantitative estimate of drug-likeness (QED) is 0.600. The molecule has 0 atom stereocenters. The number of carbonyl (C=O) groups excluding carboxylic acids is 1. The minimum Gasteiger partial charge on any atom is -0.453 e. The van der Waals surface area contributed by atoms with Crippen LogP contribution in [0.3, 0.4) is 0 Å². The Kier molecular flexibility index (Phi) is 5.72. The lowest BCUT2D eigenvalue weighted by Gasteiger charge is -2.14. The zero-order valence-electron chi connectivity index (χ0n) is 15.6. The highest BCUT2D eigenvalue weighted by Gasteiger charge is 2.32. The summed E-state index contributed by atoms with van der Waals surface area (Å²) in [5, 5.41) is 2.74. The van der Waals surface area contributed by atoms with Crippen molar-refractivity contribution in [3.05, 3.63) is 77.6 Å². The third-order valence-electron chi connectivity index (χ3n) is 3.88. The number of pyridine rings is 1. The van der Waals surface area contributed by atoms with Crippen LogP contribution >= 0.6 is 0 Å². The van der Waals surface area contributed by atoms with E-state index in [0.717, 1.165) is 11.8 Å². The van der Waals surface area contributed by atoms with Gasteiger partial charge in [0.1, 0.15) is 5.75 Å². The number of aryl methyl sites for hydroxylation is 2. The molecule has 0 fully saturated rings. The SMILES string of the molecule is Cc1ccc(C(=O)Nc2ccc(Oc3ccccc3OC(F)(F)F)cc2)c(C)n1. The van der Waals surface area contributed by atoms with Crippen LogP contribution < -0.4 is 14.8 Å². The Balaban J connectivity index is 1.70. The van der Waals surface area contributed by atoms with Gasteiger partial charge in [-0.3, -0.25) is 9.78 Å². The van der Waals surface area contributed by atoms with Gasteiger partial charge in [0.25, 0.3) is 5.91 Å². The molecule has 29 heavy (non-hydrogen) atoms. The van der Waals surface area contributed by atoms with Gasteiger partial charge in [-0.15, -0.1) is 13.2 Å². The van der Waals surface area contributed by atoms with Crippen molar-refractivity contribution in [1.82, 2.24) is 4.98 Å². The Labute approximate surface area is 165 Å². The summed E-state index contributed by atoms with van der Waals surface area (Å²) in [6.45, 7) is 3.59. The Morgan fingerprint density at radius 2 is 1.59 bits per heavy atom. The highest BCUT2D eigenvalue weighted by molar-refractivity contribution is 6.05. The summed E-state index contributed by atoms with van der Waals surface area (Å²) in [5.74, 6) is -0.551. The molecule has 150 valence electrons. The smallest absolute Gasteiger partial charge is 0.453 e. The molecule has 0 saturated carbocycles. The van der Waals surface area contributed by atoms with E-state index in [4.69, 9.17) is 4.74 Å². The molecule has 1 aromatic heterocycles. The van der Waals surface area contributed by atoms with E-state index in [1.54, 1.807) is 31.2 Å². The standard InChI is InChI=1S/C21H17F3N2O3/c1-13-7-12-17(14(2)25-13)20(27)26-15-8-10-16(11-9-15)28-18-5-3-4-6-19(18)29-21(22,23)24/h3-12H,1-2H3,(H,26,27). The Hall–Kier alpha value is -3.55. The number of anilines is 1. The number of hydrogen-bond acceptors (Lipinski definition) is 4. The third kappa shape index (κ3) is 5.47. The first-order chi connectivity index (χ1) is 13.7. The van der Waals surface area contributed by atoms with Crippen LogP contribution in [0.1, 0.15) is 21.7 Å². The van der Waals surface area contributed by atoms with Gasteiger partial charge < -0.3 is 14.8 Å². The summed E-state index contributed by atoms with van der Waals surface area (Å²) in [6.07, 6.45) is -4.82. The van der Waals surface area contributed by atoms with Crippen molar-refractivity contribution in [2.24, 2.45) is 0 Å². The predicted molar refractivity (Wildman–Crippen MR) is 101 cm³/mol. The van der Waals surface area contributed by atoms with Crippen LogP contribution in [-0.4, -0.2) is 17.3 Å². The molecular weight excluding hydrogens is 385 g/mol. The summed E-state index contributed by atoms with van der Waals surface area (Å²) in [6, 6.07) is 15.1. The van der Waals surface area contributed by atoms with E-state index in [1.807, 2.05) is 6.92 Å². The lowest BCUT2D eigenvalue weighted by molar-refractivity contribution is -0.275. The van der Waals surface area contributed by atoms with Gasteiger partial charge in [-0.1, -0.05) is 12.1 Å². The van der Waals surface area contributed by atoms with Crippen molar-refractivity contribution in [1.29, 1.82) is 0 Å². The molecule has 8 heteroatoms. The van der Waals surface area contributed by atoms with Gasteiger partial charge in [0.05, 0.1) is 11.3 Å². The summed E-state index contributed by atoms with van der Waals surface area (Å²) in [5.41, 5.74) is 2.38. The number of nitrogens with one attached hydrogen (secondary N) is 1. The summed E-state index contributed by atoms with van der Waals surface area (Å²) >= 11 is 0. The number of rotatable bonds is 5. The summed E-state index contributed by atoms with van der Waals surface area (Å²) in [4.78, 5) is 16.7. The minimum absolute atomic E-state index is 0.0806. The number of carbonyl (C=O) groups is 1. The number of benzene rings is 2. The first-order valence-corrected chi connectivity index (χ1v) is 8.59. The van der Waals surface area contributed by atoms with E-state index in [-0.39, 0.29) is 17.4 Å². The van der Waals surface area contributed by atoms with Crippen LogP contribution in [0.25, 0.3) is 0 Å². The maximum Gasteiger partial charge on any atom is 0.573 e. The molecule has 0 aliphatic rings. The number of halogens is 3. The molecule has 0 aliphatic carbocycles. The van der Waals surface area contributed by atoms with Gasteiger partial charge in [-0.2, -0.15) is 0 Å². The molecule has 0 saturated heterocycles. The number of amides is 1. The molecule has 0 radical (unpaired) electrons. The largest absolute Gasteiger partial charge is 0.573 e. The molecular formula is C21H17F3N2O3. The fourth-order valence-corrected chi connectivity index (χ4v) is 2.60. The van der Waals surface area contributed by atoms with Gasteiger partial charge in [0, 0.05) is 11.4 Å².